The van der Waals surface area contributed by atoms with Gasteiger partial charge in [-0.2, -0.15) is 14.2 Å². The number of aliphatic hydroxyl groups is 1. The number of hydrogen-bond donors (Lipinski definition) is 3. The molecule has 0 bridgehead atoms. The van der Waals surface area contributed by atoms with E-state index in [4.69, 9.17) is 75.9 Å². The average Bonchev–Trinajstić information content (AvgIpc) is 0.762. The van der Waals surface area contributed by atoms with Crippen molar-refractivity contribution in [2.24, 2.45) is 35.5 Å². The van der Waals surface area contributed by atoms with E-state index in [1.165, 1.54) is 69.5 Å². The van der Waals surface area contributed by atoms with E-state index in [1.54, 1.807) is 97.3 Å². The van der Waals surface area contributed by atoms with Crippen LogP contribution in [0, 0.1) is 35.5 Å². The van der Waals surface area contributed by atoms with Gasteiger partial charge in [0.05, 0.1) is 98.5 Å². The highest BCUT2D eigenvalue weighted by molar-refractivity contribution is 5.67. The summed E-state index contributed by atoms with van der Waals surface area (Å²) in [4.78, 5) is 38.3. The molecule has 3 fully saturated rings. The van der Waals surface area contributed by atoms with Gasteiger partial charge in [-0.1, -0.05) is 52.2 Å². The van der Waals surface area contributed by atoms with Gasteiger partial charge >= 0.3 is 18.3 Å². The van der Waals surface area contributed by atoms with Crippen LogP contribution in [-0.2, 0) is 59.5 Å². The first kappa shape index (κ1) is 90.4. The highest BCUT2D eigenvalue weighted by Crippen LogP contribution is 2.54. The predicted molar refractivity (Wildman–Crippen MR) is 468 cm³/mol. The molecule has 0 aliphatic carbocycles. The fourth-order valence-corrected chi connectivity index (χ4v) is 21.8. The molecule has 12 unspecified atom stereocenters. The minimum Gasteiger partial charge on any atom is -0.497 e. The minimum absolute atomic E-state index is 0.0448. The molecule has 123 heavy (non-hydrogen) atoms. The Morgan fingerprint density at radius 2 is 0.732 bits per heavy atom. The van der Waals surface area contributed by atoms with E-state index in [0.717, 1.165) is 196 Å². The Kier molecular flexibility index (Phi) is 30.5. The zero-order valence-corrected chi connectivity index (χ0v) is 74.9. The summed E-state index contributed by atoms with van der Waals surface area (Å²) < 4.78 is 81.2. The van der Waals surface area contributed by atoms with Crippen LogP contribution in [0.25, 0.3) is 0 Å². The number of aliphatic hydroxyl groups excluding tert-OH is 1. The molecule has 664 valence electrons. The van der Waals surface area contributed by atoms with Gasteiger partial charge in [0.1, 0.15) is 12.4 Å². The van der Waals surface area contributed by atoms with Crippen molar-refractivity contribution < 1.29 is 95.5 Å². The van der Waals surface area contributed by atoms with Gasteiger partial charge in [0.15, 0.2) is 81.6 Å². The van der Waals surface area contributed by atoms with E-state index in [1.807, 2.05) is 36.4 Å². The number of rotatable bonds is 24. The number of amides is 1. The number of ether oxygens (including phenoxy) is 14. The van der Waals surface area contributed by atoms with Crippen molar-refractivity contribution >= 4 is 18.3 Å². The summed E-state index contributed by atoms with van der Waals surface area (Å²) in [6, 6.07) is 34.5. The molecule has 12 atom stereocenters. The molecular weight excluding hydrogens is 1570 g/mol. The Labute approximate surface area is 726 Å². The van der Waals surface area contributed by atoms with Gasteiger partial charge in [-0.3, -0.25) is 14.7 Å². The predicted octanol–water partition coefficient (Wildman–Crippen LogP) is 16.2. The van der Waals surface area contributed by atoms with Crippen LogP contribution in [0.15, 0.2) is 97.1 Å². The van der Waals surface area contributed by atoms with Gasteiger partial charge in [-0.15, -0.1) is 0 Å². The number of nitrogens with one attached hydrogen (secondary N) is 1. The summed E-state index contributed by atoms with van der Waals surface area (Å²) in [7, 11) is 21.9. The molecule has 3 saturated heterocycles. The summed E-state index contributed by atoms with van der Waals surface area (Å²) in [5.74, 6) is 13.2. The van der Waals surface area contributed by atoms with E-state index in [2.05, 4.69) is 106 Å². The lowest BCUT2D eigenvalue weighted by Gasteiger charge is -2.49. The Hall–Kier alpha value is -10.3. The first-order chi connectivity index (χ1) is 59.8. The first-order valence-electron chi connectivity index (χ1n) is 43.8. The number of benzene rings is 7. The van der Waals surface area contributed by atoms with Crippen molar-refractivity contribution in [3.63, 3.8) is 0 Å². The second kappa shape index (κ2) is 41.5. The van der Waals surface area contributed by atoms with E-state index in [0.29, 0.717) is 90.4 Å². The van der Waals surface area contributed by atoms with E-state index in [-0.39, 0.29) is 37.0 Å². The van der Waals surface area contributed by atoms with Crippen LogP contribution in [0.3, 0.4) is 0 Å². The molecule has 0 radical (unpaired) electrons. The Bertz CT molecular complexity index is 4860. The van der Waals surface area contributed by atoms with E-state index in [9.17, 15) is 15.0 Å². The second-order valence-corrected chi connectivity index (χ2v) is 33.9. The number of piperidine rings is 3. The molecule has 9 aliphatic rings. The van der Waals surface area contributed by atoms with Crippen molar-refractivity contribution in [2.75, 3.05) is 151 Å². The number of carbonyl (C=O) groups is 1. The fraction of sp³-hybridized carbons (Fsp3) is 0.541. The molecule has 0 spiro atoms. The molecule has 0 aromatic heterocycles. The quantitative estimate of drug-likeness (QED) is 0.0376. The zero-order valence-electron chi connectivity index (χ0n) is 74.9. The summed E-state index contributed by atoms with van der Waals surface area (Å²) in [5, 5.41) is 25.6. The average molecular weight is 1700 g/mol. The summed E-state index contributed by atoms with van der Waals surface area (Å²) in [6.45, 7) is 15.8. The smallest absolute Gasteiger partial charge is 0.497 e. The Balaban J connectivity index is 0.000000158. The third-order valence-corrected chi connectivity index (χ3v) is 28.3. The number of nitrogens with zero attached hydrogens (tertiary/aromatic N) is 5. The second-order valence-electron chi connectivity index (χ2n) is 33.9. The largest absolute Gasteiger partial charge is 0.547 e. The molecule has 25 heteroatoms. The van der Waals surface area contributed by atoms with Crippen molar-refractivity contribution in [3.8, 4) is 74.7 Å². The van der Waals surface area contributed by atoms with Crippen molar-refractivity contribution in [3.05, 3.63) is 169 Å². The van der Waals surface area contributed by atoms with Crippen molar-refractivity contribution in [2.45, 2.75) is 160 Å². The van der Waals surface area contributed by atoms with Crippen molar-refractivity contribution in [1.82, 2.24) is 24.9 Å². The lowest BCUT2D eigenvalue weighted by Crippen LogP contribution is -2.47. The highest BCUT2D eigenvalue weighted by atomic mass is 16.6. The maximum atomic E-state index is 12.4. The maximum absolute atomic E-state index is 12.4. The summed E-state index contributed by atoms with van der Waals surface area (Å²) in [5.41, 5.74) is 16.5. The first-order valence-corrected chi connectivity index (χ1v) is 43.8. The number of methoxy groups -OCH3 is 13. The molecule has 25 nitrogen and oxygen atoms in total. The standard InChI is InChI=1S/C38H48N2O7.C30H40N2O6.C29H40N2O4.CO2/c1-7-25-22-39-14-12-26-18-34(43-3)36(45-5)20-30(26)32(39)16-28(25)17-33-31-21-37(46-6)35(44-4)19-27(31)13-15-40(33)38(41)47-23-24-8-10-29(42-2)11-9-24;1-6-18-17-31-9-7-19-13-26(35-2)28(37-4)15-22(19)24(31)11-21(18)12-25-23-16-29(38-5)27(36-3)14-20(23)8-10-32(25)30(33)34;1-6-18-17-31-10-8-20-14-27(33-3)29(35-5)16-23(20)25(31)12-21(18)11-24-22-15-28(34-4)26(32-2)13-19(22)7-9-30-24;2-1-3/h8-11,18-21,25,28,32-33H,7,12-17,22-23H2,1-6H3;13-16,18,21,24-25H,6-12,17H2,1-5H3,(H,33,34);13-16,18,21,24-25,30H,6-12,17H2,1-5H3;/p+1. The molecule has 9 aliphatic heterocycles. The molecule has 0 saturated carbocycles. The van der Waals surface area contributed by atoms with Crippen LogP contribution in [-0.4, -0.2) is 204 Å². The van der Waals surface area contributed by atoms with Gasteiger partial charge in [-0.25, -0.2) is 4.79 Å². The monoisotopic (exact) mass is 1690 g/mol. The molecule has 7 aromatic rings. The van der Waals surface area contributed by atoms with Crippen LogP contribution in [0.1, 0.15) is 187 Å². The maximum Gasteiger partial charge on any atom is 0.547 e. The third kappa shape index (κ3) is 19.3. The Morgan fingerprint density at radius 1 is 0.398 bits per heavy atom. The van der Waals surface area contributed by atoms with Crippen LogP contribution < -0.4 is 66.9 Å². The van der Waals surface area contributed by atoms with E-state index < -0.39 is 6.09 Å². The number of fused-ring (bicyclic) bond motifs is 12. The van der Waals surface area contributed by atoms with Crippen molar-refractivity contribution in [1.29, 1.82) is 0 Å². The Morgan fingerprint density at radius 3 is 1.11 bits per heavy atom. The molecule has 3 N–H and O–H groups in total. The van der Waals surface area contributed by atoms with Crippen LogP contribution in [0.5, 0.6) is 74.7 Å². The molecule has 7 aromatic carbocycles. The minimum atomic E-state index is -0.860. The normalized spacial score (nSPS) is 23.8. The number of carbonyl (C=O) groups excluding carboxylic acids is 2. The van der Waals surface area contributed by atoms with Gasteiger partial charge in [0.2, 0.25) is 0 Å². The summed E-state index contributed by atoms with van der Waals surface area (Å²) in [6.07, 6.45) is 14.3. The molecular formula is C98H129N6O19+. The lowest BCUT2D eigenvalue weighted by molar-refractivity contribution is -0.594. The molecule has 16 rings (SSSR count). The van der Waals surface area contributed by atoms with Gasteiger partial charge in [0.25, 0.3) is 0 Å². The summed E-state index contributed by atoms with van der Waals surface area (Å²) >= 11 is 0. The SMILES string of the molecule is CCC1CN2CCc3cc(OC)c(OC)cc3C2CC1CC1NCCc2cc(OC)c(OC)cc21.CCC1CN2CCc3cc(OC)c(OC)cc3C2CC1CC1c2cc(OC)c(OC)cc2CCN1C(=O)O.CCC1CN2CCc3cc(OC)c(OC)cc3C2CC1CC1c2cc(OC)c(OC)cc2CC[N+]1=C(O)OCc1ccc(OC)cc1.O=C=O. The third-order valence-electron chi connectivity index (χ3n) is 28.3. The van der Waals surface area contributed by atoms with Crippen LogP contribution >= 0.6 is 0 Å². The lowest BCUT2D eigenvalue weighted by atomic mass is 9.72. The number of hydrogen-bond acceptors (Lipinski definition) is 21. The van der Waals surface area contributed by atoms with E-state index >= 15 is 0 Å². The van der Waals surface area contributed by atoms with Gasteiger partial charge in [-0.05, 0) is 258 Å². The van der Waals surface area contributed by atoms with Crippen LogP contribution in [0.2, 0.25) is 0 Å². The van der Waals surface area contributed by atoms with Crippen LogP contribution in [0.4, 0.5) is 4.79 Å². The number of carboxylic acid groups (broad SMARTS) is 1. The van der Waals surface area contributed by atoms with Gasteiger partial charge in [0, 0.05) is 88.4 Å². The zero-order chi connectivity index (χ0) is 87.3. The van der Waals surface area contributed by atoms with Gasteiger partial charge < -0.3 is 86.7 Å². The fourth-order valence-electron chi connectivity index (χ4n) is 21.8. The topological polar surface area (TPSA) is 249 Å². The molecule has 1 amide bonds. The molecule has 9 heterocycles. The highest BCUT2D eigenvalue weighted by Gasteiger charge is 2.47.